The number of benzene rings is 2. The third-order valence-corrected chi connectivity index (χ3v) is 5.18. The van der Waals surface area contributed by atoms with Crippen molar-refractivity contribution in [1.82, 2.24) is 0 Å². The summed E-state index contributed by atoms with van der Waals surface area (Å²) in [5, 5.41) is 3.55. The first kappa shape index (κ1) is 15.0. The Morgan fingerprint density at radius 2 is 2.05 bits per heavy atom. The van der Waals surface area contributed by atoms with Gasteiger partial charge in [0.1, 0.15) is 5.75 Å². The van der Waals surface area contributed by atoms with E-state index in [4.69, 9.17) is 16.3 Å². The minimum atomic E-state index is -3.65. The molecule has 5 nitrogen and oxygen atoms in total. The Morgan fingerprint density at radius 3 is 2.77 bits per heavy atom. The van der Waals surface area contributed by atoms with Gasteiger partial charge in [-0.1, -0.05) is 11.6 Å². The molecule has 1 aliphatic heterocycles. The second kappa shape index (κ2) is 5.70. The fraction of sp³-hybridized carbons (Fsp3) is 0.200. The molecule has 0 amide bonds. The van der Waals surface area contributed by atoms with Crippen LogP contribution in [0.3, 0.4) is 0 Å². The quantitative estimate of drug-likeness (QED) is 0.898. The van der Waals surface area contributed by atoms with Crippen LogP contribution in [0.4, 0.5) is 11.4 Å². The fourth-order valence-corrected chi connectivity index (χ4v) is 3.75. The van der Waals surface area contributed by atoms with Crippen LogP contribution in [0.25, 0.3) is 0 Å². The van der Waals surface area contributed by atoms with E-state index in [1.165, 1.54) is 13.2 Å². The molecule has 0 bridgehead atoms. The van der Waals surface area contributed by atoms with Gasteiger partial charge in [-0.05, 0) is 48.4 Å². The van der Waals surface area contributed by atoms with Crippen LogP contribution in [0.15, 0.2) is 41.3 Å². The third kappa shape index (κ3) is 2.84. The lowest BCUT2D eigenvalue weighted by Crippen LogP contribution is -2.13. The van der Waals surface area contributed by atoms with Gasteiger partial charge in [0.15, 0.2) is 0 Å². The second-order valence-electron chi connectivity index (χ2n) is 4.95. The molecule has 0 aromatic heterocycles. The zero-order chi connectivity index (χ0) is 15.7. The van der Waals surface area contributed by atoms with Crippen LogP contribution in [-0.2, 0) is 16.4 Å². The molecule has 0 saturated carbocycles. The smallest absolute Gasteiger partial charge is 0.261 e. The first-order valence-corrected chi connectivity index (χ1v) is 8.59. The molecular formula is C15H15ClN2O3S. The van der Waals surface area contributed by atoms with Gasteiger partial charge in [0.2, 0.25) is 0 Å². The van der Waals surface area contributed by atoms with Crippen molar-refractivity contribution in [2.45, 2.75) is 11.3 Å². The second-order valence-corrected chi connectivity index (χ2v) is 7.04. The number of anilines is 2. The molecule has 0 radical (unpaired) electrons. The van der Waals surface area contributed by atoms with Crippen LogP contribution < -0.4 is 14.8 Å². The SMILES string of the molecule is COc1ccc(NS(=O)(=O)c2ccc3c(c2)CCN3)cc1Cl. The molecule has 0 fully saturated rings. The van der Waals surface area contributed by atoms with Crippen molar-refractivity contribution >= 4 is 33.0 Å². The molecule has 116 valence electrons. The summed E-state index contributed by atoms with van der Waals surface area (Å²) in [6.07, 6.45) is 0.826. The number of hydrogen-bond donors (Lipinski definition) is 2. The van der Waals surface area contributed by atoms with Crippen LogP contribution in [0, 0.1) is 0 Å². The van der Waals surface area contributed by atoms with E-state index in [2.05, 4.69) is 10.0 Å². The average molecular weight is 339 g/mol. The van der Waals surface area contributed by atoms with Crippen molar-refractivity contribution in [1.29, 1.82) is 0 Å². The molecule has 0 unspecified atom stereocenters. The lowest BCUT2D eigenvalue weighted by Gasteiger charge is -2.11. The van der Waals surface area contributed by atoms with Crippen molar-refractivity contribution in [3.05, 3.63) is 47.0 Å². The zero-order valence-corrected chi connectivity index (χ0v) is 13.5. The molecule has 1 heterocycles. The molecule has 0 aliphatic carbocycles. The van der Waals surface area contributed by atoms with Crippen LogP contribution in [-0.4, -0.2) is 22.1 Å². The van der Waals surface area contributed by atoms with Crippen molar-refractivity contribution in [2.75, 3.05) is 23.7 Å². The Bertz CT molecular complexity index is 822. The first-order valence-electron chi connectivity index (χ1n) is 6.73. The van der Waals surface area contributed by atoms with Gasteiger partial charge in [-0.2, -0.15) is 0 Å². The van der Waals surface area contributed by atoms with Crippen LogP contribution in [0.5, 0.6) is 5.75 Å². The zero-order valence-electron chi connectivity index (χ0n) is 11.9. The highest BCUT2D eigenvalue weighted by atomic mass is 35.5. The minimum absolute atomic E-state index is 0.238. The summed E-state index contributed by atoms with van der Waals surface area (Å²) in [6, 6.07) is 9.82. The van der Waals surface area contributed by atoms with E-state index in [1.54, 1.807) is 30.3 Å². The van der Waals surface area contributed by atoms with Crippen molar-refractivity contribution < 1.29 is 13.2 Å². The summed E-state index contributed by atoms with van der Waals surface area (Å²) in [5.74, 6) is 0.494. The van der Waals surface area contributed by atoms with Gasteiger partial charge in [0.25, 0.3) is 10.0 Å². The molecule has 0 atom stereocenters. The van der Waals surface area contributed by atoms with Gasteiger partial charge >= 0.3 is 0 Å². The number of ether oxygens (including phenoxy) is 1. The van der Waals surface area contributed by atoms with Gasteiger partial charge in [-0.3, -0.25) is 4.72 Å². The lowest BCUT2D eigenvalue weighted by atomic mass is 10.2. The molecule has 1 aliphatic rings. The van der Waals surface area contributed by atoms with Crippen molar-refractivity contribution in [3.63, 3.8) is 0 Å². The largest absolute Gasteiger partial charge is 0.495 e. The number of hydrogen-bond acceptors (Lipinski definition) is 4. The number of nitrogens with one attached hydrogen (secondary N) is 2. The summed E-state index contributed by atoms with van der Waals surface area (Å²) in [4.78, 5) is 0.238. The summed E-state index contributed by atoms with van der Waals surface area (Å²) in [5.41, 5.74) is 2.39. The van der Waals surface area contributed by atoms with E-state index < -0.39 is 10.0 Å². The minimum Gasteiger partial charge on any atom is -0.495 e. The van der Waals surface area contributed by atoms with E-state index in [1.807, 2.05) is 0 Å². The molecule has 2 N–H and O–H groups in total. The average Bonchev–Trinajstić information content (AvgIpc) is 2.94. The molecule has 3 rings (SSSR count). The monoisotopic (exact) mass is 338 g/mol. The van der Waals surface area contributed by atoms with E-state index in [0.29, 0.717) is 16.5 Å². The van der Waals surface area contributed by atoms with Gasteiger partial charge in [0, 0.05) is 12.2 Å². The van der Waals surface area contributed by atoms with E-state index in [9.17, 15) is 8.42 Å². The summed E-state index contributed by atoms with van der Waals surface area (Å²) < 4.78 is 32.5. The van der Waals surface area contributed by atoms with Crippen molar-refractivity contribution in [3.8, 4) is 5.75 Å². The molecule has 0 saturated heterocycles. The van der Waals surface area contributed by atoms with Crippen molar-refractivity contribution in [2.24, 2.45) is 0 Å². The van der Waals surface area contributed by atoms with Gasteiger partial charge in [-0.25, -0.2) is 8.42 Å². The molecule has 22 heavy (non-hydrogen) atoms. The van der Waals surface area contributed by atoms with E-state index in [0.717, 1.165) is 24.2 Å². The summed E-state index contributed by atoms with van der Waals surface area (Å²) in [6.45, 7) is 0.834. The summed E-state index contributed by atoms with van der Waals surface area (Å²) in [7, 11) is -2.14. The topological polar surface area (TPSA) is 67.4 Å². The molecule has 7 heteroatoms. The Kier molecular flexibility index (Phi) is 3.88. The Hall–Kier alpha value is -1.92. The Morgan fingerprint density at radius 1 is 1.23 bits per heavy atom. The number of methoxy groups -OCH3 is 1. The third-order valence-electron chi connectivity index (χ3n) is 3.50. The highest BCUT2D eigenvalue weighted by Crippen LogP contribution is 2.29. The number of rotatable bonds is 4. The maximum Gasteiger partial charge on any atom is 0.261 e. The van der Waals surface area contributed by atoms with E-state index >= 15 is 0 Å². The summed E-state index contributed by atoms with van der Waals surface area (Å²) >= 11 is 6.01. The van der Waals surface area contributed by atoms with E-state index in [-0.39, 0.29) is 4.90 Å². The number of halogens is 1. The Balaban J connectivity index is 1.89. The number of fused-ring (bicyclic) bond motifs is 1. The molecule has 2 aromatic rings. The van der Waals surface area contributed by atoms with Gasteiger partial charge in [-0.15, -0.1) is 0 Å². The fourth-order valence-electron chi connectivity index (χ4n) is 2.39. The maximum absolute atomic E-state index is 12.5. The maximum atomic E-state index is 12.5. The normalized spacial score (nSPS) is 13.4. The first-order chi connectivity index (χ1) is 10.5. The van der Waals surface area contributed by atoms with Gasteiger partial charge in [0.05, 0.1) is 22.7 Å². The van der Waals surface area contributed by atoms with Crippen LogP contribution in [0.2, 0.25) is 5.02 Å². The molecular weight excluding hydrogens is 324 g/mol. The molecule has 0 spiro atoms. The number of sulfonamides is 1. The predicted octanol–water partition coefficient (Wildman–Crippen LogP) is 3.12. The standard InChI is InChI=1S/C15H15ClN2O3S/c1-21-15-5-2-11(9-13(15)16)18-22(19,20)12-3-4-14-10(8-12)6-7-17-14/h2-5,8-9,17-18H,6-7H2,1H3. The Labute approximate surface area is 134 Å². The highest BCUT2D eigenvalue weighted by Gasteiger charge is 2.18. The molecule has 2 aromatic carbocycles. The predicted molar refractivity (Wildman–Crippen MR) is 87.4 cm³/mol. The van der Waals surface area contributed by atoms with Crippen LogP contribution >= 0.6 is 11.6 Å². The van der Waals surface area contributed by atoms with Crippen LogP contribution in [0.1, 0.15) is 5.56 Å². The highest BCUT2D eigenvalue weighted by molar-refractivity contribution is 7.92. The van der Waals surface area contributed by atoms with Gasteiger partial charge < -0.3 is 10.1 Å². The lowest BCUT2D eigenvalue weighted by molar-refractivity contribution is 0.415.